The zero-order chi connectivity index (χ0) is 55.6. The number of ether oxygens (including phenoxy) is 4. The molecule has 1 rings (SSSR count). The highest BCUT2D eigenvalue weighted by Gasteiger charge is 2.24. The van der Waals surface area contributed by atoms with Gasteiger partial charge in [0.25, 0.3) is 0 Å². The molecule has 28 nitrogen and oxygen atoms in total. The Morgan fingerprint density at radius 2 is 1.26 bits per heavy atom. The number of aromatic amines is 1. The van der Waals surface area contributed by atoms with Crippen LogP contribution in [0.15, 0.2) is 0 Å². The number of tetrazole rings is 1. The summed E-state index contributed by atoms with van der Waals surface area (Å²) in [5.74, 6) is -6.80. The van der Waals surface area contributed by atoms with Crippen molar-refractivity contribution >= 4 is 80.8 Å². The van der Waals surface area contributed by atoms with E-state index >= 15 is 0 Å². The number of carboxylic acids is 3. The zero-order valence-electron chi connectivity index (χ0n) is 42.4. The van der Waals surface area contributed by atoms with Crippen molar-refractivity contribution in [2.45, 2.75) is 122 Å². The molecule has 1 heterocycles. The molecule has 0 aromatic carbocycles. The van der Waals surface area contributed by atoms with Crippen LogP contribution in [0.5, 0.6) is 0 Å². The van der Waals surface area contributed by atoms with Crippen LogP contribution in [0.1, 0.15) is 110 Å². The van der Waals surface area contributed by atoms with Crippen molar-refractivity contribution in [1.29, 1.82) is 0 Å². The summed E-state index contributed by atoms with van der Waals surface area (Å²) >= 11 is 1.43. The van der Waals surface area contributed by atoms with E-state index in [9.17, 15) is 66.6 Å². The van der Waals surface area contributed by atoms with Gasteiger partial charge in [0.1, 0.15) is 31.1 Å². The van der Waals surface area contributed by atoms with Gasteiger partial charge in [-0.05, 0) is 57.6 Å². The molecule has 0 saturated carbocycles. The monoisotopic (exact) mass is 1100 g/mol. The number of nitrogens with one attached hydrogen (secondary N) is 6. The summed E-state index contributed by atoms with van der Waals surface area (Å²) in [6.07, 6.45) is 5.00. The van der Waals surface area contributed by atoms with Crippen LogP contribution in [0.3, 0.4) is 0 Å². The van der Waals surface area contributed by atoms with Crippen LogP contribution >= 0.6 is 11.8 Å². The fourth-order valence-corrected chi connectivity index (χ4v) is 7.46. The number of aliphatic carboxylic acids is 3. The predicted octanol–water partition coefficient (Wildman–Crippen LogP) is -0.685. The van der Waals surface area contributed by atoms with Crippen LogP contribution < -0.4 is 26.0 Å². The molecule has 3 atom stereocenters. The van der Waals surface area contributed by atoms with E-state index in [2.05, 4.69) is 41.9 Å². The number of aryl methyl sites for hydroxylation is 1. The van der Waals surface area contributed by atoms with Crippen LogP contribution in [0.4, 0.5) is 0 Å². The minimum absolute atomic E-state index is 0.00000913. The van der Waals surface area contributed by atoms with E-state index in [0.717, 1.165) is 0 Å². The minimum atomic E-state index is -3.89. The molecule has 30 heteroatoms. The fraction of sp³-hybridized carbons (Fsp3) is 0.750. The average Bonchev–Trinajstić information content (AvgIpc) is 3.86. The highest BCUT2D eigenvalue weighted by Crippen LogP contribution is 2.13. The maximum Gasteiger partial charge on any atom is 0.326 e. The van der Waals surface area contributed by atoms with Crippen LogP contribution in [0.2, 0.25) is 0 Å². The number of rotatable bonds is 45. The van der Waals surface area contributed by atoms with E-state index in [1.807, 2.05) is 17.9 Å². The predicted molar refractivity (Wildman–Crippen MR) is 264 cm³/mol. The Morgan fingerprint density at radius 3 is 1.88 bits per heavy atom. The molecule has 3 unspecified atom stereocenters. The topological polar surface area (TPSA) is 417 Å². The number of thioether (sulfide) groups is 1. The second-order valence-corrected chi connectivity index (χ2v) is 18.9. The molecular formula is C44H75N9O19S2. The molecule has 0 fully saturated rings. The lowest BCUT2D eigenvalue weighted by Gasteiger charge is -2.14. The first-order chi connectivity index (χ1) is 35.2. The molecule has 5 amide bonds. The maximum atomic E-state index is 12.1. The molecule has 0 radical (unpaired) electrons. The van der Waals surface area contributed by atoms with Gasteiger partial charge >= 0.3 is 17.9 Å². The Kier molecular flexibility index (Phi) is 39.4. The standard InChI is InChI=1S/C25H41N7O12S.C19H34N2O7S/c1-2-19(25(39)40)27-22(35)9-8-17(24(37)38)15-18(33)16-44-13-12-43-11-10-26-21(34)7-4-14-45(41,42)30-23(36)6-3-5-20-28-31-32-29-20;1-3-15(22)7-6-10-27-11-12-28-13-17(23)21-16(19(25)26)8-4-5-9-20-18(24)14-29-2/h17,19H,2-16H2,1H3,(H,26,34)(H,27,35)(H,30,36)(H,37,38)(H,39,40)(H,28,29,31,32);16H,3-14H2,1-2H3,(H,20,24)(H,21,23)(H,25,26). The van der Waals surface area contributed by atoms with Crippen molar-refractivity contribution in [2.24, 2.45) is 5.92 Å². The number of Topliss-reactive ketones (excluding diaryl/α,β-unsaturated/α-hetero) is 2. The number of ketones is 2. The third-order valence-electron chi connectivity index (χ3n) is 9.96. The Morgan fingerprint density at radius 1 is 0.622 bits per heavy atom. The van der Waals surface area contributed by atoms with Gasteiger partial charge < -0.3 is 55.5 Å². The molecule has 1 aromatic heterocycles. The Hall–Kier alpha value is -5.69. The number of H-pyrrole nitrogens is 1. The minimum Gasteiger partial charge on any atom is -0.481 e. The Labute approximate surface area is 434 Å². The normalized spacial score (nSPS) is 12.2. The van der Waals surface area contributed by atoms with Crippen molar-refractivity contribution in [1.82, 2.24) is 46.6 Å². The first-order valence-corrected chi connectivity index (χ1v) is 27.2. The summed E-state index contributed by atoms with van der Waals surface area (Å²) in [6, 6.07) is -2.06. The molecule has 0 aliphatic heterocycles. The first-order valence-electron chi connectivity index (χ1n) is 24.1. The maximum absolute atomic E-state index is 12.1. The largest absolute Gasteiger partial charge is 0.481 e. The van der Waals surface area contributed by atoms with Crippen molar-refractivity contribution in [2.75, 3.05) is 83.7 Å². The number of amides is 5. The van der Waals surface area contributed by atoms with Gasteiger partial charge in [-0.25, -0.2) is 18.0 Å². The number of unbranched alkanes of at least 4 members (excludes halogenated alkanes) is 1. The number of hydrogen-bond donors (Lipinski definition) is 9. The third kappa shape index (κ3) is 38.9. The lowest BCUT2D eigenvalue weighted by Crippen LogP contribution is -2.42. The smallest absolute Gasteiger partial charge is 0.326 e. The van der Waals surface area contributed by atoms with E-state index in [1.165, 1.54) is 11.8 Å². The molecule has 422 valence electrons. The van der Waals surface area contributed by atoms with E-state index in [-0.39, 0.29) is 109 Å². The van der Waals surface area contributed by atoms with E-state index in [0.29, 0.717) is 76.3 Å². The number of nitrogens with zero attached hydrogens (tertiary/aromatic N) is 3. The van der Waals surface area contributed by atoms with Crippen LogP contribution in [0, 0.1) is 5.92 Å². The number of carboxylic acid groups (broad SMARTS) is 3. The molecule has 0 spiro atoms. The highest BCUT2D eigenvalue weighted by atomic mass is 32.2. The van der Waals surface area contributed by atoms with Gasteiger partial charge in [0.05, 0.1) is 50.5 Å². The van der Waals surface area contributed by atoms with Crippen molar-refractivity contribution in [3.63, 3.8) is 0 Å². The van der Waals surface area contributed by atoms with Gasteiger partial charge in [-0.1, -0.05) is 19.1 Å². The molecule has 0 saturated heterocycles. The van der Waals surface area contributed by atoms with Gasteiger partial charge in [-0.3, -0.25) is 43.1 Å². The molecule has 9 N–H and O–H groups in total. The average molecular weight is 1100 g/mol. The summed E-state index contributed by atoms with van der Waals surface area (Å²) in [4.78, 5) is 116. The zero-order valence-corrected chi connectivity index (χ0v) is 44.0. The van der Waals surface area contributed by atoms with Gasteiger partial charge in [0.2, 0.25) is 39.6 Å². The molecular weight excluding hydrogens is 1020 g/mol. The highest BCUT2D eigenvalue weighted by molar-refractivity contribution is 7.99. The number of hydrogen-bond acceptors (Lipinski definition) is 20. The summed E-state index contributed by atoms with van der Waals surface area (Å²) < 4.78 is 46.9. The van der Waals surface area contributed by atoms with Gasteiger partial charge in [0.15, 0.2) is 11.6 Å². The molecule has 74 heavy (non-hydrogen) atoms. The summed E-state index contributed by atoms with van der Waals surface area (Å²) in [6.45, 7) is 4.61. The second kappa shape index (κ2) is 42.6. The van der Waals surface area contributed by atoms with Gasteiger partial charge in [0, 0.05) is 64.6 Å². The Balaban J connectivity index is 0.00000159. The Bertz CT molecular complexity index is 1960. The number of carbonyl (C=O) groups is 10. The second-order valence-electron chi connectivity index (χ2n) is 16.2. The molecule has 1 aromatic rings. The fourth-order valence-electron chi connectivity index (χ4n) is 6.02. The van der Waals surface area contributed by atoms with Crippen LogP contribution in [-0.2, 0) is 83.3 Å². The van der Waals surface area contributed by atoms with Gasteiger partial charge in [-0.15, -0.1) is 10.2 Å². The SMILES string of the molecule is CCC(=O)CCCOCCOCC(=O)NC(CCCCNC(=O)CSC)C(=O)O.CCC(NC(=O)CCC(CC(=O)COCCOCCNC(=O)CCCS(=O)(=O)NC(=O)CCCc1nn[nH]n1)C(=O)O)C(=O)O. The van der Waals surface area contributed by atoms with E-state index in [1.54, 1.807) is 6.92 Å². The number of aromatic nitrogens is 4. The summed E-state index contributed by atoms with van der Waals surface area (Å²) in [5.41, 5.74) is 0. The lowest BCUT2D eigenvalue weighted by atomic mass is 9.97. The van der Waals surface area contributed by atoms with Crippen molar-refractivity contribution < 1.29 is 90.6 Å². The lowest BCUT2D eigenvalue weighted by molar-refractivity contribution is -0.145. The number of carbonyl (C=O) groups excluding carboxylic acids is 7. The van der Waals surface area contributed by atoms with Crippen molar-refractivity contribution in [3.05, 3.63) is 5.82 Å². The molecule has 0 aliphatic rings. The van der Waals surface area contributed by atoms with Crippen LogP contribution in [0.25, 0.3) is 0 Å². The van der Waals surface area contributed by atoms with Crippen molar-refractivity contribution in [3.8, 4) is 0 Å². The first kappa shape index (κ1) is 68.3. The third-order valence-corrected chi connectivity index (χ3v) is 11.9. The quantitative estimate of drug-likeness (QED) is 0.0365. The van der Waals surface area contributed by atoms with E-state index in [4.69, 9.17) is 24.1 Å². The van der Waals surface area contributed by atoms with E-state index < -0.39 is 81.1 Å². The summed E-state index contributed by atoms with van der Waals surface area (Å²) in [7, 11) is -3.89. The summed E-state index contributed by atoms with van der Waals surface area (Å²) in [5, 5.41) is 50.7. The molecule has 0 bridgehead atoms. The van der Waals surface area contributed by atoms with Gasteiger partial charge in [-0.2, -0.15) is 17.0 Å². The molecule has 0 aliphatic carbocycles. The van der Waals surface area contributed by atoms with Crippen LogP contribution in [-0.4, -0.2) is 199 Å². The number of sulfonamides is 1.